The van der Waals surface area contributed by atoms with Gasteiger partial charge >= 0.3 is 0 Å². The van der Waals surface area contributed by atoms with Gasteiger partial charge in [0.05, 0.1) is 6.54 Å². The Morgan fingerprint density at radius 3 is 2.81 bits per heavy atom. The first-order valence-electron chi connectivity index (χ1n) is 8.39. The van der Waals surface area contributed by atoms with E-state index in [4.69, 9.17) is 5.73 Å². The summed E-state index contributed by atoms with van der Waals surface area (Å²) in [5, 5.41) is 0. The molecule has 0 amide bonds. The van der Waals surface area contributed by atoms with Crippen molar-refractivity contribution < 1.29 is 0 Å². The van der Waals surface area contributed by atoms with Crippen molar-refractivity contribution in [1.29, 1.82) is 0 Å². The third kappa shape index (κ3) is 3.48. The van der Waals surface area contributed by atoms with Crippen LogP contribution in [0.25, 0.3) is 0 Å². The molecule has 0 spiro atoms. The molecule has 1 aromatic carbocycles. The van der Waals surface area contributed by atoms with Crippen LogP contribution in [-0.2, 0) is 6.54 Å². The number of likely N-dealkylation sites (tertiary alicyclic amines) is 1. The zero-order valence-corrected chi connectivity index (χ0v) is 12.9. The predicted octanol–water partition coefficient (Wildman–Crippen LogP) is 3.15. The normalized spacial score (nSPS) is 25.8. The Labute approximate surface area is 128 Å². The Morgan fingerprint density at radius 1 is 1.10 bits per heavy atom. The molecule has 1 saturated heterocycles. The maximum atomic E-state index is 5.51. The average molecular weight is 282 g/mol. The first-order valence-corrected chi connectivity index (χ1v) is 8.39. The second kappa shape index (κ2) is 7.11. The molecule has 0 aromatic heterocycles. The molecule has 2 heteroatoms. The zero-order valence-electron chi connectivity index (χ0n) is 12.9. The summed E-state index contributed by atoms with van der Waals surface area (Å²) >= 11 is 0. The van der Waals surface area contributed by atoms with E-state index in [1.807, 2.05) is 0 Å². The average Bonchev–Trinajstić information content (AvgIpc) is 2.54. The van der Waals surface area contributed by atoms with Crippen LogP contribution in [0.4, 0.5) is 0 Å². The van der Waals surface area contributed by atoms with E-state index in [9.17, 15) is 0 Å². The molecule has 2 fully saturated rings. The van der Waals surface area contributed by atoms with Crippen LogP contribution in [-0.4, -0.2) is 24.0 Å². The van der Waals surface area contributed by atoms with Crippen molar-refractivity contribution in [3.05, 3.63) is 35.4 Å². The maximum absolute atomic E-state index is 5.51. The summed E-state index contributed by atoms with van der Waals surface area (Å²) in [7, 11) is 0. The van der Waals surface area contributed by atoms with Gasteiger partial charge in [-0.15, -0.1) is 0 Å². The third-order valence-electron chi connectivity index (χ3n) is 5.07. The van der Waals surface area contributed by atoms with Gasteiger partial charge in [-0.2, -0.15) is 0 Å². The van der Waals surface area contributed by atoms with E-state index in [1.54, 1.807) is 0 Å². The summed E-state index contributed by atoms with van der Waals surface area (Å²) in [6.07, 6.45) is 8.48. The van der Waals surface area contributed by atoms with Crippen LogP contribution in [0.15, 0.2) is 24.3 Å². The molecule has 0 bridgehead atoms. The highest BCUT2D eigenvalue weighted by atomic mass is 15.2. The van der Waals surface area contributed by atoms with Gasteiger partial charge in [0, 0.05) is 18.2 Å². The van der Waals surface area contributed by atoms with Crippen LogP contribution in [0.2, 0.25) is 0 Å². The fourth-order valence-corrected chi connectivity index (χ4v) is 4.07. The summed E-state index contributed by atoms with van der Waals surface area (Å²) in [4.78, 5) is 2.72. The number of piperidine rings is 1. The lowest BCUT2D eigenvalue weighted by molar-refractivity contribution is 0.0546. The van der Waals surface area contributed by atoms with Crippen molar-refractivity contribution >= 4 is 0 Å². The fourth-order valence-electron chi connectivity index (χ4n) is 4.07. The Kier molecular flexibility index (Phi) is 4.95. The lowest BCUT2D eigenvalue weighted by Crippen LogP contribution is -2.46. The molecule has 2 aliphatic rings. The number of hydrogen-bond donors (Lipinski definition) is 1. The van der Waals surface area contributed by atoms with Crippen molar-refractivity contribution in [3.8, 4) is 11.8 Å². The molecule has 21 heavy (non-hydrogen) atoms. The molecular weight excluding hydrogens is 256 g/mol. The van der Waals surface area contributed by atoms with Gasteiger partial charge in [-0.05, 0) is 49.8 Å². The largest absolute Gasteiger partial charge is 0.320 e. The third-order valence-corrected chi connectivity index (χ3v) is 5.07. The fraction of sp³-hybridized carbons (Fsp3) is 0.579. The molecule has 0 unspecified atom stereocenters. The molecule has 2 nitrogen and oxygen atoms in total. The molecule has 1 aliphatic heterocycles. The van der Waals surface area contributed by atoms with Crippen LogP contribution in [0, 0.1) is 17.8 Å². The molecule has 112 valence electrons. The minimum atomic E-state index is 0.433. The van der Waals surface area contributed by atoms with Gasteiger partial charge in [-0.1, -0.05) is 42.9 Å². The highest BCUT2D eigenvalue weighted by Gasteiger charge is 2.33. The Hall–Kier alpha value is -1.30. The minimum Gasteiger partial charge on any atom is -0.320 e. The van der Waals surface area contributed by atoms with Gasteiger partial charge in [0.15, 0.2) is 0 Å². The number of benzene rings is 1. The van der Waals surface area contributed by atoms with E-state index in [1.165, 1.54) is 50.6 Å². The SMILES string of the molecule is NCC#Cc1ccccc1CN1CCC[C@H]2CCCC[C@H]21. The van der Waals surface area contributed by atoms with E-state index < -0.39 is 0 Å². The van der Waals surface area contributed by atoms with Crippen LogP contribution in [0.3, 0.4) is 0 Å². The first-order chi connectivity index (χ1) is 10.4. The number of fused-ring (bicyclic) bond motifs is 1. The Bertz CT molecular complexity index is 524. The molecule has 3 rings (SSSR count). The highest BCUT2D eigenvalue weighted by Crippen LogP contribution is 2.36. The highest BCUT2D eigenvalue weighted by molar-refractivity contribution is 5.41. The van der Waals surface area contributed by atoms with E-state index in [0.29, 0.717) is 6.54 Å². The van der Waals surface area contributed by atoms with E-state index >= 15 is 0 Å². The first kappa shape index (κ1) is 14.6. The lowest BCUT2D eigenvalue weighted by Gasteiger charge is -2.44. The van der Waals surface area contributed by atoms with E-state index in [-0.39, 0.29) is 0 Å². The predicted molar refractivity (Wildman–Crippen MR) is 87.8 cm³/mol. The van der Waals surface area contributed by atoms with Crippen LogP contribution in [0.1, 0.15) is 49.7 Å². The molecule has 1 heterocycles. The molecular formula is C19H26N2. The zero-order chi connectivity index (χ0) is 14.5. The van der Waals surface area contributed by atoms with Crippen molar-refractivity contribution in [2.45, 2.75) is 51.1 Å². The van der Waals surface area contributed by atoms with Crippen molar-refractivity contribution in [1.82, 2.24) is 4.90 Å². The molecule has 1 aliphatic carbocycles. The maximum Gasteiger partial charge on any atom is 0.0555 e. The standard InChI is InChI=1S/C19H26N2/c20-13-5-10-16-7-1-2-9-18(16)15-21-14-6-11-17-8-3-4-12-19(17)21/h1-2,7,9,17,19H,3-4,6,8,11-15,20H2/t17-,19-/m1/s1. The summed E-state index contributed by atoms with van der Waals surface area (Å²) in [5.74, 6) is 7.17. The topological polar surface area (TPSA) is 29.3 Å². The number of nitrogens with zero attached hydrogens (tertiary/aromatic N) is 1. The number of rotatable bonds is 2. The number of hydrogen-bond acceptors (Lipinski definition) is 2. The Morgan fingerprint density at radius 2 is 1.90 bits per heavy atom. The van der Waals surface area contributed by atoms with Gasteiger partial charge in [0.1, 0.15) is 0 Å². The van der Waals surface area contributed by atoms with Gasteiger partial charge in [-0.3, -0.25) is 4.90 Å². The molecule has 1 aromatic rings. The van der Waals surface area contributed by atoms with Crippen molar-refractivity contribution in [2.24, 2.45) is 11.7 Å². The van der Waals surface area contributed by atoms with Gasteiger partial charge in [-0.25, -0.2) is 0 Å². The van der Waals surface area contributed by atoms with Gasteiger partial charge in [0.2, 0.25) is 0 Å². The molecule has 2 N–H and O–H groups in total. The summed E-state index contributed by atoms with van der Waals surface area (Å²) in [6.45, 7) is 2.74. The second-order valence-corrected chi connectivity index (χ2v) is 6.39. The molecule has 2 atom stereocenters. The molecule has 0 radical (unpaired) electrons. The van der Waals surface area contributed by atoms with Crippen molar-refractivity contribution in [3.63, 3.8) is 0 Å². The lowest BCUT2D eigenvalue weighted by atomic mass is 9.78. The minimum absolute atomic E-state index is 0.433. The summed E-state index contributed by atoms with van der Waals surface area (Å²) < 4.78 is 0. The van der Waals surface area contributed by atoms with Crippen LogP contribution >= 0.6 is 0 Å². The van der Waals surface area contributed by atoms with Crippen molar-refractivity contribution in [2.75, 3.05) is 13.1 Å². The van der Waals surface area contributed by atoms with Crippen LogP contribution < -0.4 is 5.73 Å². The molecule has 1 saturated carbocycles. The summed E-state index contributed by atoms with van der Waals surface area (Å²) in [5.41, 5.74) is 8.03. The smallest absolute Gasteiger partial charge is 0.0555 e. The summed E-state index contributed by atoms with van der Waals surface area (Å²) in [6, 6.07) is 9.37. The van der Waals surface area contributed by atoms with Gasteiger partial charge < -0.3 is 5.73 Å². The van der Waals surface area contributed by atoms with Gasteiger partial charge in [0.25, 0.3) is 0 Å². The second-order valence-electron chi connectivity index (χ2n) is 6.39. The van der Waals surface area contributed by atoms with E-state index in [0.717, 1.165) is 24.1 Å². The Balaban J connectivity index is 1.76. The van der Waals surface area contributed by atoms with E-state index in [2.05, 4.69) is 41.0 Å². The number of nitrogens with two attached hydrogens (primary N) is 1. The monoisotopic (exact) mass is 282 g/mol. The quantitative estimate of drug-likeness (QED) is 0.844. The van der Waals surface area contributed by atoms with Crippen LogP contribution in [0.5, 0.6) is 0 Å².